The van der Waals surface area contributed by atoms with Gasteiger partial charge in [0, 0.05) is 31.6 Å². The number of fused-ring (bicyclic) bond motifs is 1. The Morgan fingerprint density at radius 2 is 1.92 bits per heavy atom. The summed E-state index contributed by atoms with van der Waals surface area (Å²) in [7, 11) is 0. The van der Waals surface area contributed by atoms with Gasteiger partial charge in [-0.1, -0.05) is 11.6 Å². The summed E-state index contributed by atoms with van der Waals surface area (Å²) in [4.78, 5) is 14.7. The predicted octanol–water partition coefficient (Wildman–Crippen LogP) is 3.33. The molecule has 1 unspecified atom stereocenters. The first kappa shape index (κ1) is 17.3. The van der Waals surface area contributed by atoms with Crippen LogP contribution in [0.2, 0.25) is 0 Å². The zero-order valence-electron chi connectivity index (χ0n) is 12.7. The minimum absolute atomic E-state index is 0.443. The standard InChI is InChI=1S/C16H16ClF3N2O2/c17-15(10-23)22-5-3-21(4-6-22)9-13-8-11-7-12(16(18,19)20)1-2-14(11)24-13/h1-2,7-8,10,15H,3-6,9H2. The van der Waals surface area contributed by atoms with E-state index in [2.05, 4.69) is 4.90 Å². The number of furan rings is 1. The molecule has 0 aliphatic carbocycles. The fraction of sp³-hybridized carbons (Fsp3) is 0.438. The van der Waals surface area contributed by atoms with E-state index >= 15 is 0 Å². The average molecular weight is 361 g/mol. The predicted molar refractivity (Wildman–Crippen MR) is 83.8 cm³/mol. The van der Waals surface area contributed by atoms with E-state index in [4.69, 9.17) is 16.0 Å². The summed E-state index contributed by atoms with van der Waals surface area (Å²) in [5.41, 5.74) is -0.851. The van der Waals surface area contributed by atoms with Crippen LogP contribution < -0.4 is 0 Å². The molecular weight excluding hydrogens is 345 g/mol. The highest BCUT2D eigenvalue weighted by molar-refractivity contribution is 6.27. The van der Waals surface area contributed by atoms with Crippen LogP contribution in [-0.4, -0.2) is 47.8 Å². The maximum Gasteiger partial charge on any atom is 0.416 e. The monoisotopic (exact) mass is 360 g/mol. The fourth-order valence-electron chi connectivity index (χ4n) is 2.83. The van der Waals surface area contributed by atoms with Gasteiger partial charge in [0.25, 0.3) is 0 Å². The zero-order valence-corrected chi connectivity index (χ0v) is 13.5. The van der Waals surface area contributed by atoms with Gasteiger partial charge in [-0.3, -0.25) is 9.80 Å². The van der Waals surface area contributed by atoms with Gasteiger partial charge in [-0.25, -0.2) is 0 Å². The van der Waals surface area contributed by atoms with E-state index < -0.39 is 17.2 Å². The van der Waals surface area contributed by atoms with Gasteiger partial charge >= 0.3 is 6.18 Å². The Bertz CT molecular complexity index is 724. The third kappa shape index (κ3) is 3.74. The number of hydrogen-bond donors (Lipinski definition) is 0. The Morgan fingerprint density at radius 3 is 2.54 bits per heavy atom. The number of hydrogen-bond acceptors (Lipinski definition) is 4. The van der Waals surface area contributed by atoms with Crippen molar-refractivity contribution in [1.82, 2.24) is 9.80 Å². The lowest BCUT2D eigenvalue weighted by atomic mass is 10.1. The molecule has 0 radical (unpaired) electrons. The molecule has 0 saturated carbocycles. The van der Waals surface area contributed by atoms with Crippen molar-refractivity contribution >= 4 is 28.9 Å². The fourth-order valence-corrected chi connectivity index (χ4v) is 3.02. The molecule has 0 amide bonds. The number of alkyl halides is 4. The van der Waals surface area contributed by atoms with Crippen LogP contribution in [0, 0.1) is 0 Å². The smallest absolute Gasteiger partial charge is 0.416 e. The van der Waals surface area contributed by atoms with Crippen molar-refractivity contribution in [2.75, 3.05) is 26.2 Å². The number of benzene rings is 1. The Hall–Kier alpha value is -1.57. The molecule has 0 spiro atoms. The highest BCUT2D eigenvalue weighted by Crippen LogP contribution is 2.32. The Balaban J connectivity index is 1.67. The van der Waals surface area contributed by atoms with Crippen molar-refractivity contribution in [1.29, 1.82) is 0 Å². The quantitative estimate of drug-likeness (QED) is 0.476. The SMILES string of the molecule is O=CC(Cl)N1CCN(Cc2cc3cc(C(F)(F)F)ccc3o2)CC1. The lowest BCUT2D eigenvalue weighted by molar-refractivity contribution is -0.137. The third-order valence-electron chi connectivity index (χ3n) is 4.14. The van der Waals surface area contributed by atoms with E-state index in [1.807, 2.05) is 4.90 Å². The molecule has 0 bridgehead atoms. The maximum atomic E-state index is 12.7. The number of piperazine rings is 1. The molecular formula is C16H16ClF3N2O2. The van der Waals surface area contributed by atoms with Crippen LogP contribution >= 0.6 is 11.6 Å². The van der Waals surface area contributed by atoms with Crippen molar-refractivity contribution in [2.45, 2.75) is 18.2 Å². The number of carbonyl (C=O) groups excluding carboxylic acids is 1. The minimum atomic E-state index is -4.36. The van der Waals surface area contributed by atoms with Gasteiger partial charge in [-0.15, -0.1) is 0 Å². The molecule has 1 aliphatic heterocycles. The zero-order chi connectivity index (χ0) is 17.3. The Labute approximate surface area is 141 Å². The second-order valence-corrected chi connectivity index (χ2v) is 6.23. The normalized spacial score (nSPS) is 18.8. The van der Waals surface area contributed by atoms with Gasteiger partial charge in [0.1, 0.15) is 16.8 Å². The lowest BCUT2D eigenvalue weighted by Crippen LogP contribution is -2.48. The van der Waals surface area contributed by atoms with Crippen LogP contribution in [0.3, 0.4) is 0 Å². The molecule has 3 rings (SSSR count). The summed E-state index contributed by atoms with van der Waals surface area (Å²) >= 11 is 5.89. The van der Waals surface area contributed by atoms with Crippen LogP contribution in [0.5, 0.6) is 0 Å². The van der Waals surface area contributed by atoms with Crippen molar-refractivity contribution in [3.63, 3.8) is 0 Å². The molecule has 2 aromatic rings. The summed E-state index contributed by atoms with van der Waals surface area (Å²) in [6.45, 7) is 3.25. The minimum Gasteiger partial charge on any atom is -0.460 e. The molecule has 1 aliphatic rings. The summed E-state index contributed by atoms with van der Waals surface area (Å²) in [6, 6.07) is 5.12. The van der Waals surface area contributed by atoms with Crippen molar-refractivity contribution < 1.29 is 22.4 Å². The second-order valence-electron chi connectivity index (χ2n) is 5.78. The van der Waals surface area contributed by atoms with E-state index in [0.29, 0.717) is 55.7 Å². The summed E-state index contributed by atoms with van der Waals surface area (Å²) in [5, 5.41) is 0.445. The van der Waals surface area contributed by atoms with Crippen molar-refractivity contribution in [3.05, 3.63) is 35.6 Å². The number of halogens is 4. The van der Waals surface area contributed by atoms with Crippen molar-refractivity contribution in [3.8, 4) is 0 Å². The number of rotatable bonds is 4. The molecule has 0 N–H and O–H groups in total. The van der Waals surface area contributed by atoms with Gasteiger partial charge in [0.2, 0.25) is 0 Å². The van der Waals surface area contributed by atoms with E-state index in [-0.39, 0.29) is 0 Å². The third-order valence-corrected chi connectivity index (χ3v) is 4.52. The topological polar surface area (TPSA) is 36.7 Å². The van der Waals surface area contributed by atoms with E-state index in [1.54, 1.807) is 6.07 Å². The first-order chi connectivity index (χ1) is 11.4. The summed E-state index contributed by atoms with van der Waals surface area (Å²) < 4.78 is 43.9. The van der Waals surface area contributed by atoms with Gasteiger partial charge < -0.3 is 9.21 Å². The molecule has 1 aromatic heterocycles. The maximum absolute atomic E-state index is 12.7. The Kier molecular flexibility index (Phi) is 4.85. The molecule has 4 nitrogen and oxygen atoms in total. The number of carbonyl (C=O) groups is 1. The molecule has 1 aromatic carbocycles. The van der Waals surface area contributed by atoms with Gasteiger partial charge in [-0.05, 0) is 24.3 Å². The molecule has 24 heavy (non-hydrogen) atoms. The molecule has 130 valence electrons. The van der Waals surface area contributed by atoms with Crippen LogP contribution in [0.1, 0.15) is 11.3 Å². The number of nitrogens with zero attached hydrogens (tertiary/aromatic N) is 2. The lowest BCUT2D eigenvalue weighted by Gasteiger charge is -2.34. The highest BCUT2D eigenvalue weighted by Gasteiger charge is 2.30. The Morgan fingerprint density at radius 1 is 1.21 bits per heavy atom. The first-order valence-corrected chi connectivity index (χ1v) is 7.96. The number of aldehydes is 1. The van der Waals surface area contributed by atoms with Crippen LogP contribution in [-0.2, 0) is 17.5 Å². The van der Waals surface area contributed by atoms with E-state index in [9.17, 15) is 18.0 Å². The van der Waals surface area contributed by atoms with E-state index in [1.165, 1.54) is 6.07 Å². The average Bonchev–Trinajstić information content (AvgIpc) is 2.95. The highest BCUT2D eigenvalue weighted by atomic mass is 35.5. The molecule has 8 heteroatoms. The molecule has 1 fully saturated rings. The molecule has 1 saturated heterocycles. The van der Waals surface area contributed by atoms with Crippen LogP contribution in [0.15, 0.2) is 28.7 Å². The van der Waals surface area contributed by atoms with Crippen LogP contribution in [0.25, 0.3) is 11.0 Å². The largest absolute Gasteiger partial charge is 0.460 e. The van der Waals surface area contributed by atoms with Crippen LogP contribution in [0.4, 0.5) is 13.2 Å². The summed E-state index contributed by atoms with van der Waals surface area (Å²) in [6.07, 6.45) is -3.66. The molecule has 2 heterocycles. The van der Waals surface area contributed by atoms with Gasteiger partial charge in [-0.2, -0.15) is 13.2 Å². The first-order valence-electron chi connectivity index (χ1n) is 7.52. The second kappa shape index (κ2) is 6.74. The van der Waals surface area contributed by atoms with Gasteiger partial charge in [0.15, 0.2) is 6.29 Å². The molecule has 1 atom stereocenters. The van der Waals surface area contributed by atoms with E-state index in [0.717, 1.165) is 12.1 Å². The summed E-state index contributed by atoms with van der Waals surface area (Å²) in [5.74, 6) is 0.621. The van der Waals surface area contributed by atoms with Crippen molar-refractivity contribution in [2.24, 2.45) is 0 Å². The van der Waals surface area contributed by atoms with Gasteiger partial charge in [0.05, 0.1) is 12.1 Å².